The van der Waals surface area contributed by atoms with Crippen LogP contribution in [0, 0.1) is 0 Å². The molecule has 1 rings (SSSR count). The van der Waals surface area contributed by atoms with E-state index < -0.39 is 16.6 Å². The maximum Gasteiger partial charge on any atom is 0.305 e. The first-order valence-electron chi connectivity index (χ1n) is 6.20. The molecule has 1 N–H and O–H groups in total. The monoisotopic (exact) mass is 261 g/mol. The van der Waals surface area contributed by atoms with Crippen molar-refractivity contribution in [3.8, 4) is 0 Å². The lowest BCUT2D eigenvalue weighted by Gasteiger charge is -2.42. The fourth-order valence-electron chi connectivity index (χ4n) is 1.89. The van der Waals surface area contributed by atoms with Crippen molar-refractivity contribution in [3.05, 3.63) is 0 Å². The molecule has 1 heterocycles. The van der Waals surface area contributed by atoms with E-state index in [0.717, 1.165) is 12.1 Å². The zero-order valence-corrected chi connectivity index (χ0v) is 13.8. The Labute approximate surface area is 102 Å². The molecule has 0 saturated carbocycles. The predicted molar refractivity (Wildman–Crippen MR) is 73.3 cm³/mol. The SMILES string of the molecule is CC1CCN[Si](C)(C)OOC(C)(C)[Si]1(C)C. The highest BCUT2D eigenvalue weighted by molar-refractivity contribution is 6.81. The van der Waals surface area contributed by atoms with Gasteiger partial charge in [0.15, 0.2) is 0 Å². The second-order valence-electron chi connectivity index (χ2n) is 6.53. The topological polar surface area (TPSA) is 30.5 Å². The Morgan fingerprint density at radius 3 is 2.31 bits per heavy atom. The molecule has 0 aromatic rings. The van der Waals surface area contributed by atoms with E-state index in [1.165, 1.54) is 6.42 Å². The third-order valence-electron chi connectivity index (χ3n) is 4.37. The molecule has 0 aromatic heterocycles. The third kappa shape index (κ3) is 2.95. The first kappa shape index (κ1) is 14.4. The molecule has 0 aliphatic carbocycles. The van der Waals surface area contributed by atoms with Crippen molar-refractivity contribution < 1.29 is 9.46 Å². The molecule has 16 heavy (non-hydrogen) atoms. The molecule has 1 aliphatic rings. The summed E-state index contributed by atoms with van der Waals surface area (Å²) in [7, 11) is -3.30. The van der Waals surface area contributed by atoms with Crippen molar-refractivity contribution in [3.63, 3.8) is 0 Å². The summed E-state index contributed by atoms with van der Waals surface area (Å²) >= 11 is 0. The van der Waals surface area contributed by atoms with E-state index in [0.29, 0.717) is 0 Å². The Morgan fingerprint density at radius 2 is 1.75 bits per heavy atom. The van der Waals surface area contributed by atoms with Crippen molar-refractivity contribution in [2.24, 2.45) is 0 Å². The van der Waals surface area contributed by atoms with Gasteiger partial charge in [0, 0.05) is 0 Å². The summed E-state index contributed by atoms with van der Waals surface area (Å²) in [5.74, 6) is 0. The van der Waals surface area contributed by atoms with Crippen molar-refractivity contribution in [2.75, 3.05) is 6.54 Å². The second-order valence-corrected chi connectivity index (χ2v) is 15.7. The van der Waals surface area contributed by atoms with Crippen LogP contribution in [0.1, 0.15) is 27.2 Å². The summed E-state index contributed by atoms with van der Waals surface area (Å²) in [5, 5.41) is -0.122. The molecule has 0 radical (unpaired) electrons. The van der Waals surface area contributed by atoms with Crippen LogP contribution in [0.15, 0.2) is 0 Å². The van der Waals surface area contributed by atoms with Gasteiger partial charge in [0.1, 0.15) is 0 Å². The molecule has 5 heteroatoms. The average Bonchev–Trinajstić information content (AvgIpc) is 2.15. The molecular formula is C11H27NO2Si2. The highest BCUT2D eigenvalue weighted by Gasteiger charge is 2.47. The van der Waals surface area contributed by atoms with Crippen LogP contribution in [0.25, 0.3) is 0 Å². The van der Waals surface area contributed by atoms with E-state index in [9.17, 15) is 0 Å². The Balaban J connectivity index is 2.91. The lowest BCUT2D eigenvalue weighted by atomic mass is 10.3. The lowest BCUT2D eigenvalue weighted by molar-refractivity contribution is -0.267. The molecule has 1 atom stereocenters. The fourth-order valence-corrected chi connectivity index (χ4v) is 5.50. The standard InChI is InChI=1S/C11H27NO2Si2/c1-10-8-9-12-16(6,7)14-13-11(2,3)15(10,4)5/h10,12H,8-9H2,1-7H3. The maximum atomic E-state index is 5.81. The summed E-state index contributed by atoms with van der Waals surface area (Å²) in [6.07, 6.45) is 1.23. The molecule has 0 bridgehead atoms. The average molecular weight is 262 g/mol. The second kappa shape index (κ2) is 4.53. The first-order valence-corrected chi connectivity index (χ1v) is 12.2. The maximum absolute atomic E-state index is 5.81. The van der Waals surface area contributed by atoms with Gasteiger partial charge < -0.3 is 4.98 Å². The first-order chi connectivity index (χ1) is 7.08. The van der Waals surface area contributed by atoms with E-state index in [1.54, 1.807) is 0 Å². The zero-order chi connectivity index (χ0) is 12.6. The van der Waals surface area contributed by atoms with Crippen LogP contribution in [-0.4, -0.2) is 28.3 Å². The Kier molecular flexibility index (Phi) is 4.07. The largest absolute Gasteiger partial charge is 0.314 e. The molecule has 1 unspecified atom stereocenters. The summed E-state index contributed by atoms with van der Waals surface area (Å²) in [6.45, 7) is 16.9. The van der Waals surface area contributed by atoms with E-state index in [-0.39, 0.29) is 5.22 Å². The minimum atomic E-state index is -1.84. The summed E-state index contributed by atoms with van der Waals surface area (Å²) in [4.78, 5) is 9.33. The van der Waals surface area contributed by atoms with E-state index in [1.807, 2.05) is 0 Å². The molecule has 1 fully saturated rings. The fraction of sp³-hybridized carbons (Fsp3) is 1.00. The normalized spacial score (nSPS) is 33.6. The number of hydrogen-bond donors (Lipinski definition) is 1. The lowest BCUT2D eigenvalue weighted by Crippen LogP contribution is -2.55. The molecule has 0 amide bonds. The van der Waals surface area contributed by atoms with Gasteiger partial charge in [0.05, 0.1) is 13.3 Å². The van der Waals surface area contributed by atoms with Crippen molar-refractivity contribution in [1.82, 2.24) is 4.98 Å². The highest BCUT2D eigenvalue weighted by Crippen LogP contribution is 2.37. The van der Waals surface area contributed by atoms with Gasteiger partial charge in [0.2, 0.25) is 0 Å². The van der Waals surface area contributed by atoms with Crippen LogP contribution in [0.3, 0.4) is 0 Å². The molecule has 0 aromatic carbocycles. The van der Waals surface area contributed by atoms with Crippen LogP contribution in [0.4, 0.5) is 0 Å². The molecule has 0 spiro atoms. The van der Waals surface area contributed by atoms with Crippen LogP contribution in [-0.2, 0) is 9.46 Å². The Bertz CT molecular complexity index is 254. The Hall–Kier alpha value is 0.314. The molecule has 3 nitrogen and oxygen atoms in total. The number of hydrogen-bond acceptors (Lipinski definition) is 3. The van der Waals surface area contributed by atoms with E-state index in [2.05, 4.69) is 51.9 Å². The van der Waals surface area contributed by atoms with Crippen molar-refractivity contribution >= 4 is 16.6 Å². The third-order valence-corrected chi connectivity index (χ3v) is 11.9. The predicted octanol–water partition coefficient (Wildman–Crippen LogP) is 3.05. The highest BCUT2D eigenvalue weighted by atomic mass is 28.4. The van der Waals surface area contributed by atoms with E-state index in [4.69, 9.17) is 9.46 Å². The number of nitrogens with one attached hydrogen (secondary N) is 1. The van der Waals surface area contributed by atoms with Gasteiger partial charge in [-0.15, -0.1) is 0 Å². The van der Waals surface area contributed by atoms with E-state index >= 15 is 0 Å². The van der Waals surface area contributed by atoms with Crippen LogP contribution < -0.4 is 4.98 Å². The summed E-state index contributed by atoms with van der Waals surface area (Å²) < 4.78 is 5.71. The van der Waals surface area contributed by atoms with Crippen molar-refractivity contribution in [2.45, 2.75) is 64.1 Å². The minimum Gasteiger partial charge on any atom is -0.314 e. The molecular weight excluding hydrogens is 234 g/mol. The van der Waals surface area contributed by atoms with Gasteiger partial charge >= 0.3 is 8.48 Å². The van der Waals surface area contributed by atoms with Crippen LogP contribution in [0.5, 0.6) is 0 Å². The van der Waals surface area contributed by atoms with Gasteiger partial charge in [-0.1, -0.05) is 20.0 Å². The zero-order valence-electron chi connectivity index (χ0n) is 11.8. The van der Waals surface area contributed by atoms with Gasteiger partial charge in [-0.25, -0.2) is 4.89 Å². The summed E-state index contributed by atoms with van der Waals surface area (Å²) in [5.41, 5.74) is 0.737. The molecule has 1 saturated heterocycles. The Morgan fingerprint density at radius 1 is 1.19 bits per heavy atom. The van der Waals surface area contributed by atoms with Gasteiger partial charge in [-0.3, -0.25) is 4.58 Å². The quantitative estimate of drug-likeness (QED) is 0.537. The smallest absolute Gasteiger partial charge is 0.305 e. The van der Waals surface area contributed by atoms with Gasteiger partial charge in [-0.2, -0.15) is 0 Å². The van der Waals surface area contributed by atoms with Gasteiger partial charge in [0.25, 0.3) is 0 Å². The number of rotatable bonds is 0. The minimum absolute atomic E-state index is 0.122. The van der Waals surface area contributed by atoms with Crippen LogP contribution >= 0.6 is 0 Å². The molecule has 96 valence electrons. The summed E-state index contributed by atoms with van der Waals surface area (Å²) in [6, 6.07) is 0. The van der Waals surface area contributed by atoms with Gasteiger partial charge in [-0.05, 0) is 45.4 Å². The van der Waals surface area contributed by atoms with Crippen LogP contribution in [0.2, 0.25) is 31.7 Å². The molecule has 1 aliphatic heterocycles. The van der Waals surface area contributed by atoms with Crippen molar-refractivity contribution in [1.29, 1.82) is 0 Å².